The number of anilines is 2. The lowest BCUT2D eigenvalue weighted by molar-refractivity contribution is 0.102. The minimum absolute atomic E-state index is 0.304. The van der Waals surface area contributed by atoms with Crippen LogP contribution >= 0.6 is 0 Å². The minimum Gasteiger partial charge on any atom is -0.497 e. The van der Waals surface area contributed by atoms with Gasteiger partial charge >= 0.3 is 0 Å². The van der Waals surface area contributed by atoms with Crippen LogP contribution < -0.4 is 20.1 Å². The van der Waals surface area contributed by atoms with Gasteiger partial charge in [-0.1, -0.05) is 30.3 Å². The second-order valence-corrected chi connectivity index (χ2v) is 6.47. The first-order valence-electron chi connectivity index (χ1n) is 9.47. The van der Waals surface area contributed by atoms with Gasteiger partial charge in [-0.25, -0.2) is 0 Å². The van der Waals surface area contributed by atoms with Crippen LogP contribution in [0.25, 0.3) is 0 Å². The summed E-state index contributed by atoms with van der Waals surface area (Å²) >= 11 is 0. The third kappa shape index (κ3) is 5.72. The van der Waals surface area contributed by atoms with Crippen molar-refractivity contribution in [3.63, 3.8) is 0 Å². The van der Waals surface area contributed by atoms with E-state index in [4.69, 9.17) is 9.47 Å². The summed E-state index contributed by atoms with van der Waals surface area (Å²) in [5, 5.41) is 6.19. The van der Waals surface area contributed by atoms with Crippen LogP contribution in [0.4, 0.5) is 11.4 Å². The topological polar surface area (TPSA) is 72.5 Å². The Balaban J connectivity index is 1.58. The molecule has 0 fully saturated rings. The molecule has 0 atom stereocenters. The van der Waals surface area contributed by atoms with Crippen LogP contribution in [-0.2, 0) is 6.42 Å². The van der Waals surface area contributed by atoms with Crippen molar-refractivity contribution in [2.75, 3.05) is 31.4 Å². The number of nitrogens with one attached hydrogen (secondary N) is 2. The van der Waals surface area contributed by atoms with E-state index < -0.39 is 0 Å². The fourth-order valence-corrected chi connectivity index (χ4v) is 2.92. The van der Waals surface area contributed by atoms with Gasteiger partial charge in [-0.05, 0) is 42.7 Å². The highest BCUT2D eigenvalue weighted by molar-refractivity contribution is 6.04. The number of benzene rings is 2. The number of aromatic nitrogens is 1. The lowest BCUT2D eigenvalue weighted by Crippen LogP contribution is -2.15. The molecule has 1 heterocycles. The number of methoxy groups -OCH3 is 2. The van der Waals surface area contributed by atoms with Crippen LogP contribution in [0, 0.1) is 0 Å². The van der Waals surface area contributed by atoms with Crippen LogP contribution in [0.3, 0.4) is 0 Å². The average Bonchev–Trinajstić information content (AvgIpc) is 2.78. The molecule has 0 bridgehead atoms. The summed E-state index contributed by atoms with van der Waals surface area (Å²) in [6, 6.07) is 19.2. The molecule has 6 nitrogen and oxygen atoms in total. The largest absolute Gasteiger partial charge is 0.497 e. The van der Waals surface area contributed by atoms with Crippen molar-refractivity contribution in [2.45, 2.75) is 12.8 Å². The van der Waals surface area contributed by atoms with Crippen molar-refractivity contribution >= 4 is 17.3 Å². The maximum Gasteiger partial charge on any atom is 0.274 e. The molecule has 3 aromatic rings. The molecule has 0 aliphatic heterocycles. The number of carbonyl (C=O) groups is 1. The summed E-state index contributed by atoms with van der Waals surface area (Å²) in [5.74, 6) is 0.869. The molecule has 1 amide bonds. The van der Waals surface area contributed by atoms with Crippen LogP contribution in [-0.4, -0.2) is 31.7 Å². The number of hydrogen-bond acceptors (Lipinski definition) is 5. The highest BCUT2D eigenvalue weighted by Crippen LogP contribution is 2.29. The minimum atomic E-state index is -0.304. The lowest BCUT2D eigenvalue weighted by atomic mass is 10.1. The Kier molecular flexibility index (Phi) is 7.05. The smallest absolute Gasteiger partial charge is 0.274 e. The zero-order valence-corrected chi connectivity index (χ0v) is 16.6. The van der Waals surface area contributed by atoms with Crippen LogP contribution in [0.2, 0.25) is 0 Å². The van der Waals surface area contributed by atoms with E-state index >= 15 is 0 Å². The van der Waals surface area contributed by atoms with Crippen molar-refractivity contribution in [2.24, 2.45) is 0 Å². The Bertz CT molecular complexity index is 945. The Labute approximate surface area is 170 Å². The molecule has 6 heteroatoms. The number of hydrogen-bond donors (Lipinski definition) is 2. The molecule has 150 valence electrons. The van der Waals surface area contributed by atoms with Crippen LogP contribution in [0.1, 0.15) is 22.5 Å². The van der Waals surface area contributed by atoms with E-state index in [2.05, 4.69) is 27.8 Å². The van der Waals surface area contributed by atoms with E-state index in [9.17, 15) is 4.79 Å². The SMILES string of the molecule is COc1ccc(NC(=O)c2cc(NCCCc3ccccc3)ccn2)c(OC)c1. The van der Waals surface area contributed by atoms with Crippen molar-refractivity contribution in [1.29, 1.82) is 0 Å². The van der Waals surface area contributed by atoms with E-state index in [1.807, 2.05) is 24.3 Å². The summed E-state index contributed by atoms with van der Waals surface area (Å²) in [6.07, 6.45) is 3.63. The molecule has 0 saturated heterocycles. The monoisotopic (exact) mass is 391 g/mol. The van der Waals surface area contributed by atoms with Crippen LogP contribution in [0.5, 0.6) is 11.5 Å². The van der Waals surface area contributed by atoms with E-state index in [-0.39, 0.29) is 5.91 Å². The summed E-state index contributed by atoms with van der Waals surface area (Å²) < 4.78 is 10.5. The predicted molar refractivity (Wildman–Crippen MR) is 115 cm³/mol. The number of carbonyl (C=O) groups excluding carboxylic acids is 1. The molecule has 0 aliphatic carbocycles. The predicted octanol–water partition coefficient (Wildman–Crippen LogP) is 4.40. The molecule has 29 heavy (non-hydrogen) atoms. The Morgan fingerprint density at radius 2 is 1.83 bits per heavy atom. The zero-order chi connectivity index (χ0) is 20.5. The van der Waals surface area contributed by atoms with E-state index in [1.165, 1.54) is 5.56 Å². The van der Waals surface area contributed by atoms with E-state index in [0.29, 0.717) is 22.9 Å². The second-order valence-electron chi connectivity index (χ2n) is 6.47. The lowest BCUT2D eigenvalue weighted by Gasteiger charge is -2.12. The maximum atomic E-state index is 12.6. The van der Waals surface area contributed by atoms with Crippen molar-refractivity contribution in [3.05, 3.63) is 78.1 Å². The van der Waals surface area contributed by atoms with Gasteiger partial charge in [0.05, 0.1) is 19.9 Å². The maximum absolute atomic E-state index is 12.6. The van der Waals surface area contributed by atoms with Gasteiger partial charge in [0.25, 0.3) is 5.91 Å². The Hall–Kier alpha value is -3.54. The molecule has 2 N–H and O–H groups in total. The molecule has 0 unspecified atom stereocenters. The van der Waals surface area contributed by atoms with Crippen molar-refractivity contribution in [3.8, 4) is 11.5 Å². The van der Waals surface area contributed by atoms with Gasteiger partial charge in [-0.3, -0.25) is 9.78 Å². The number of amides is 1. The van der Waals surface area contributed by atoms with Gasteiger partial charge < -0.3 is 20.1 Å². The number of ether oxygens (including phenoxy) is 2. The molecular weight excluding hydrogens is 366 g/mol. The van der Waals surface area contributed by atoms with Gasteiger partial charge in [-0.15, -0.1) is 0 Å². The summed E-state index contributed by atoms with van der Waals surface area (Å²) in [4.78, 5) is 16.8. The van der Waals surface area contributed by atoms with E-state index in [1.54, 1.807) is 44.7 Å². The Morgan fingerprint density at radius 3 is 2.59 bits per heavy atom. The average molecular weight is 391 g/mol. The van der Waals surface area contributed by atoms with Gasteiger partial charge in [0.15, 0.2) is 0 Å². The van der Waals surface area contributed by atoms with E-state index in [0.717, 1.165) is 25.1 Å². The fraction of sp³-hybridized carbons (Fsp3) is 0.217. The van der Waals surface area contributed by atoms with Crippen molar-refractivity contribution in [1.82, 2.24) is 4.98 Å². The highest BCUT2D eigenvalue weighted by Gasteiger charge is 2.12. The quantitative estimate of drug-likeness (QED) is 0.529. The Morgan fingerprint density at radius 1 is 1.00 bits per heavy atom. The summed E-state index contributed by atoms with van der Waals surface area (Å²) in [5.41, 5.74) is 3.06. The molecule has 0 radical (unpaired) electrons. The number of aryl methyl sites for hydroxylation is 1. The number of rotatable bonds is 9. The van der Waals surface area contributed by atoms with Crippen molar-refractivity contribution < 1.29 is 14.3 Å². The van der Waals surface area contributed by atoms with Gasteiger partial charge in [0.2, 0.25) is 0 Å². The third-order valence-electron chi connectivity index (χ3n) is 4.46. The summed E-state index contributed by atoms with van der Waals surface area (Å²) in [6.45, 7) is 0.812. The fourth-order valence-electron chi connectivity index (χ4n) is 2.92. The first kappa shape index (κ1) is 20.2. The molecule has 1 aromatic heterocycles. The first-order valence-corrected chi connectivity index (χ1v) is 9.47. The molecule has 3 rings (SSSR count). The normalized spacial score (nSPS) is 10.3. The standard InChI is InChI=1S/C23H25N3O3/c1-28-19-10-11-20(22(16-19)29-2)26-23(27)21-15-18(12-14-25-21)24-13-6-9-17-7-4-3-5-8-17/h3-5,7-8,10-12,14-16H,6,9,13H2,1-2H3,(H,24,25)(H,26,27). The van der Waals surface area contributed by atoms with Gasteiger partial charge in [0, 0.05) is 24.5 Å². The van der Waals surface area contributed by atoms with Gasteiger partial charge in [0.1, 0.15) is 17.2 Å². The molecular formula is C23H25N3O3. The molecule has 0 aliphatic rings. The van der Waals surface area contributed by atoms with Crippen LogP contribution in [0.15, 0.2) is 66.9 Å². The number of nitrogens with zero attached hydrogens (tertiary/aromatic N) is 1. The molecule has 0 saturated carbocycles. The zero-order valence-electron chi connectivity index (χ0n) is 16.6. The summed E-state index contributed by atoms with van der Waals surface area (Å²) in [7, 11) is 3.12. The third-order valence-corrected chi connectivity index (χ3v) is 4.46. The molecule has 2 aromatic carbocycles. The first-order chi connectivity index (χ1) is 14.2. The highest BCUT2D eigenvalue weighted by atomic mass is 16.5. The molecule has 0 spiro atoms. The second kappa shape index (κ2) is 10.1. The number of pyridine rings is 1. The van der Waals surface area contributed by atoms with Gasteiger partial charge in [-0.2, -0.15) is 0 Å².